The summed E-state index contributed by atoms with van der Waals surface area (Å²) in [6.07, 6.45) is -3.67. The van der Waals surface area contributed by atoms with E-state index in [1.165, 1.54) is 16.6 Å². The minimum Gasteiger partial charge on any atom is -0.395 e. The first kappa shape index (κ1) is 18.2. The second kappa shape index (κ2) is 6.05. The van der Waals surface area contributed by atoms with Crippen LogP contribution in [0.5, 0.6) is 11.5 Å². The molecule has 0 radical (unpaired) electrons. The number of hydrogen-bond donors (Lipinski definition) is 1. The molecule has 12 heteroatoms. The van der Waals surface area contributed by atoms with E-state index in [2.05, 4.69) is 24.5 Å². The number of rotatable bonds is 3. The van der Waals surface area contributed by atoms with Gasteiger partial charge in [0.05, 0.1) is 0 Å². The number of ether oxygens (including phenoxy) is 2. The molecule has 8 nitrogen and oxygen atoms in total. The van der Waals surface area contributed by atoms with Crippen LogP contribution in [0.1, 0.15) is 18.7 Å². The Hall–Kier alpha value is -2.89. The monoisotopic (exact) mass is 412 g/mol. The van der Waals surface area contributed by atoms with Gasteiger partial charge in [0, 0.05) is 44.3 Å². The number of halogens is 4. The highest BCUT2D eigenvalue weighted by Crippen LogP contribution is 2.45. The maximum Gasteiger partial charge on any atom is 0.586 e. The molecule has 2 N–H and O–H groups in total. The van der Waals surface area contributed by atoms with Crippen molar-refractivity contribution in [2.75, 3.05) is 25.4 Å². The first-order chi connectivity index (χ1) is 13.7. The molecule has 1 aromatic carbocycles. The molecular weight excluding hydrogens is 396 g/mol. The first-order valence-corrected chi connectivity index (χ1v) is 9.05. The molecular formula is C17H16F4N6O2. The van der Waals surface area contributed by atoms with E-state index < -0.39 is 12.2 Å². The van der Waals surface area contributed by atoms with Gasteiger partial charge >= 0.3 is 6.29 Å². The van der Waals surface area contributed by atoms with Crippen LogP contribution < -0.4 is 15.2 Å². The fourth-order valence-corrected chi connectivity index (χ4v) is 3.61. The van der Waals surface area contributed by atoms with Crippen LogP contribution in [0.15, 0.2) is 12.1 Å². The summed E-state index contributed by atoms with van der Waals surface area (Å²) < 4.78 is 63.7. The lowest BCUT2D eigenvalue weighted by Gasteiger charge is -2.31. The van der Waals surface area contributed by atoms with Crippen molar-refractivity contribution in [1.29, 1.82) is 0 Å². The number of nitrogens with zero attached hydrogens (tertiary/aromatic N) is 5. The van der Waals surface area contributed by atoms with Gasteiger partial charge in [-0.3, -0.25) is 0 Å². The number of alkyl halides is 4. The van der Waals surface area contributed by atoms with Gasteiger partial charge in [0.25, 0.3) is 5.92 Å². The molecule has 29 heavy (non-hydrogen) atoms. The Balaban J connectivity index is 1.45. The normalized spacial score (nSPS) is 20.6. The first-order valence-electron chi connectivity index (χ1n) is 9.05. The number of nitrogens with two attached hydrogens (primary N) is 1. The van der Waals surface area contributed by atoms with Gasteiger partial charge in [0.1, 0.15) is 5.52 Å². The maximum absolute atomic E-state index is 13.4. The number of nitrogen functional groups attached to an aromatic ring is 1. The number of fused-ring (bicyclic) bond motifs is 5. The number of hydrogen-bond acceptors (Lipinski definition) is 7. The summed E-state index contributed by atoms with van der Waals surface area (Å²) in [7, 11) is 0. The third-order valence-corrected chi connectivity index (χ3v) is 5.12. The average Bonchev–Trinajstić information content (AvgIpc) is 3.21. The molecule has 4 heterocycles. The van der Waals surface area contributed by atoms with E-state index in [0.717, 1.165) is 0 Å². The van der Waals surface area contributed by atoms with E-state index in [4.69, 9.17) is 5.73 Å². The van der Waals surface area contributed by atoms with E-state index in [1.54, 1.807) is 0 Å². The topological polar surface area (TPSA) is 90.8 Å². The van der Waals surface area contributed by atoms with Crippen LogP contribution in [-0.2, 0) is 6.42 Å². The number of likely N-dealkylation sites (tertiary alicyclic amines) is 1. The second-order valence-electron chi connectivity index (χ2n) is 7.14. The van der Waals surface area contributed by atoms with E-state index in [9.17, 15) is 17.6 Å². The predicted octanol–water partition coefficient (Wildman–Crippen LogP) is 2.45. The van der Waals surface area contributed by atoms with Gasteiger partial charge in [-0.15, -0.1) is 13.9 Å². The smallest absolute Gasteiger partial charge is 0.395 e. The van der Waals surface area contributed by atoms with Gasteiger partial charge in [-0.05, 0) is 12.1 Å². The van der Waals surface area contributed by atoms with Gasteiger partial charge in [-0.2, -0.15) is 4.52 Å². The number of piperidine rings is 1. The highest BCUT2D eigenvalue weighted by atomic mass is 19.3. The lowest BCUT2D eigenvalue weighted by atomic mass is 10.1. The molecule has 2 aliphatic rings. The SMILES string of the molecule is Nc1nc2c3c(ccc2c2nc(CCN4CCC(F)(F)CC4)nn12)OC(F)(F)O3. The molecule has 0 saturated carbocycles. The van der Waals surface area contributed by atoms with Crippen LogP contribution >= 0.6 is 0 Å². The molecule has 0 atom stereocenters. The minimum atomic E-state index is -3.77. The van der Waals surface area contributed by atoms with E-state index >= 15 is 0 Å². The number of anilines is 1. The summed E-state index contributed by atoms with van der Waals surface area (Å²) in [5, 5.41) is 4.75. The zero-order valence-electron chi connectivity index (χ0n) is 15.0. The zero-order chi connectivity index (χ0) is 20.4. The highest BCUT2D eigenvalue weighted by Gasteiger charge is 2.45. The molecule has 2 aliphatic heterocycles. The number of aromatic nitrogens is 4. The van der Waals surface area contributed by atoms with Gasteiger partial charge in [-0.25, -0.2) is 18.7 Å². The van der Waals surface area contributed by atoms with Crippen molar-refractivity contribution in [3.63, 3.8) is 0 Å². The van der Waals surface area contributed by atoms with Gasteiger partial charge in [-0.1, -0.05) is 0 Å². The van der Waals surface area contributed by atoms with Crippen molar-refractivity contribution in [3.8, 4) is 11.5 Å². The van der Waals surface area contributed by atoms with Crippen LogP contribution in [0, 0.1) is 0 Å². The fourth-order valence-electron chi connectivity index (χ4n) is 3.61. The summed E-state index contributed by atoms with van der Waals surface area (Å²) in [5.41, 5.74) is 6.38. The molecule has 0 bridgehead atoms. The third-order valence-electron chi connectivity index (χ3n) is 5.12. The Morgan fingerprint density at radius 3 is 2.59 bits per heavy atom. The standard InChI is InChI=1S/C17H16F4N6O2/c18-16(19)4-7-26(8-5-16)6-3-11-23-14-9-1-2-10-13(29-17(20,21)28-10)12(9)24-15(22)27(14)25-11/h1-2H,3-8H2,(H2,22,24). The summed E-state index contributed by atoms with van der Waals surface area (Å²) >= 11 is 0. The third kappa shape index (κ3) is 3.16. The van der Waals surface area contributed by atoms with Crippen LogP contribution in [0.3, 0.4) is 0 Å². The van der Waals surface area contributed by atoms with Crippen molar-refractivity contribution < 1.29 is 27.0 Å². The number of benzene rings is 1. The van der Waals surface area contributed by atoms with Crippen LogP contribution in [0.2, 0.25) is 0 Å². The molecule has 1 fully saturated rings. The van der Waals surface area contributed by atoms with Crippen molar-refractivity contribution >= 4 is 22.5 Å². The van der Waals surface area contributed by atoms with E-state index in [1.807, 2.05) is 4.90 Å². The molecule has 0 spiro atoms. The van der Waals surface area contributed by atoms with Crippen LogP contribution in [0.4, 0.5) is 23.5 Å². The summed E-state index contributed by atoms with van der Waals surface area (Å²) in [5.74, 6) is -2.54. The molecule has 3 aromatic rings. The average molecular weight is 412 g/mol. The Kier molecular flexibility index (Phi) is 3.79. The summed E-state index contributed by atoms with van der Waals surface area (Å²) in [4.78, 5) is 10.5. The Labute approximate surface area is 161 Å². The molecule has 2 aromatic heterocycles. The molecule has 1 saturated heterocycles. The van der Waals surface area contributed by atoms with Crippen molar-refractivity contribution in [2.45, 2.75) is 31.5 Å². The summed E-state index contributed by atoms with van der Waals surface area (Å²) in [6.45, 7) is 1.15. The quantitative estimate of drug-likeness (QED) is 0.661. The predicted molar refractivity (Wildman–Crippen MR) is 93.2 cm³/mol. The molecule has 5 rings (SSSR count). The minimum absolute atomic E-state index is 0.0453. The van der Waals surface area contributed by atoms with Gasteiger partial charge in [0.2, 0.25) is 5.95 Å². The molecule has 0 amide bonds. The zero-order valence-corrected chi connectivity index (χ0v) is 15.0. The fraction of sp³-hybridized carbons (Fsp3) is 0.471. The largest absolute Gasteiger partial charge is 0.586 e. The van der Waals surface area contributed by atoms with Gasteiger partial charge in [0.15, 0.2) is 23.0 Å². The summed E-state index contributed by atoms with van der Waals surface area (Å²) in [6, 6.07) is 2.88. The van der Waals surface area contributed by atoms with Crippen molar-refractivity contribution in [2.24, 2.45) is 0 Å². The molecule has 154 valence electrons. The lowest BCUT2D eigenvalue weighted by Crippen LogP contribution is -2.40. The van der Waals surface area contributed by atoms with E-state index in [-0.39, 0.29) is 35.8 Å². The lowest BCUT2D eigenvalue weighted by molar-refractivity contribution is -0.286. The van der Waals surface area contributed by atoms with Crippen molar-refractivity contribution in [3.05, 3.63) is 18.0 Å². The van der Waals surface area contributed by atoms with Crippen LogP contribution in [-0.4, -0.2) is 56.3 Å². The Bertz CT molecular complexity index is 1110. The molecule has 0 unspecified atom stereocenters. The Morgan fingerprint density at radius 1 is 1.07 bits per heavy atom. The van der Waals surface area contributed by atoms with Crippen molar-refractivity contribution in [1.82, 2.24) is 24.5 Å². The molecule has 0 aliphatic carbocycles. The Morgan fingerprint density at radius 2 is 1.83 bits per heavy atom. The van der Waals surface area contributed by atoms with Gasteiger partial charge < -0.3 is 20.1 Å². The van der Waals surface area contributed by atoms with Crippen LogP contribution in [0.25, 0.3) is 16.6 Å². The van der Waals surface area contributed by atoms with E-state index in [0.29, 0.717) is 42.9 Å². The second-order valence-corrected chi connectivity index (χ2v) is 7.14. The highest BCUT2D eigenvalue weighted by molar-refractivity contribution is 5.97. The maximum atomic E-state index is 13.4.